The third-order valence-electron chi connectivity index (χ3n) is 5.47. The van der Waals surface area contributed by atoms with Crippen molar-refractivity contribution < 1.29 is 9.18 Å². The molecule has 4 rings (SSSR count). The van der Waals surface area contributed by atoms with Crippen LogP contribution in [0, 0.1) is 5.82 Å². The molecule has 0 radical (unpaired) electrons. The molecule has 2 heterocycles. The second-order valence-electron chi connectivity index (χ2n) is 8.53. The molecule has 2 amide bonds. The molecular weight excluding hydrogens is 365 g/mol. The van der Waals surface area contributed by atoms with E-state index in [1.807, 2.05) is 17.2 Å². The summed E-state index contributed by atoms with van der Waals surface area (Å²) < 4.78 is 15.7. The van der Waals surface area contributed by atoms with E-state index in [-0.39, 0.29) is 23.3 Å². The van der Waals surface area contributed by atoms with Gasteiger partial charge in [-0.25, -0.2) is 9.18 Å². The SMILES string of the molecule is CC(C)(C)c1ccc([C@H]2c3cccn3CCN2C(=O)Nc2cccc(F)c2)cc1. The number of fused-ring (bicyclic) bond motifs is 1. The number of rotatable bonds is 2. The number of hydrogen-bond acceptors (Lipinski definition) is 1. The lowest BCUT2D eigenvalue weighted by molar-refractivity contribution is 0.182. The molecule has 150 valence electrons. The van der Waals surface area contributed by atoms with Crippen molar-refractivity contribution in [2.24, 2.45) is 0 Å². The van der Waals surface area contributed by atoms with E-state index in [4.69, 9.17) is 0 Å². The highest BCUT2D eigenvalue weighted by atomic mass is 19.1. The Morgan fingerprint density at radius 1 is 1.03 bits per heavy atom. The molecule has 0 aliphatic carbocycles. The summed E-state index contributed by atoms with van der Waals surface area (Å²) in [7, 11) is 0. The third-order valence-corrected chi connectivity index (χ3v) is 5.47. The van der Waals surface area contributed by atoms with E-state index in [9.17, 15) is 9.18 Å². The smallest absolute Gasteiger partial charge is 0.322 e. The summed E-state index contributed by atoms with van der Waals surface area (Å²) in [5.41, 5.74) is 3.92. The Bertz CT molecular complexity index is 1020. The molecule has 1 N–H and O–H groups in total. The lowest BCUT2D eigenvalue weighted by Gasteiger charge is -2.37. The zero-order valence-corrected chi connectivity index (χ0v) is 17.0. The average Bonchev–Trinajstić information content (AvgIpc) is 3.15. The van der Waals surface area contributed by atoms with Crippen molar-refractivity contribution in [3.8, 4) is 0 Å². The molecule has 3 aromatic rings. The van der Waals surface area contributed by atoms with Crippen LogP contribution in [0.2, 0.25) is 0 Å². The Hall–Kier alpha value is -3.08. The van der Waals surface area contributed by atoms with Crippen LogP contribution in [0.1, 0.15) is 43.6 Å². The van der Waals surface area contributed by atoms with Crippen molar-refractivity contribution in [1.29, 1.82) is 0 Å². The number of benzene rings is 2. The fourth-order valence-electron chi connectivity index (χ4n) is 3.88. The van der Waals surface area contributed by atoms with E-state index >= 15 is 0 Å². The Labute approximate surface area is 171 Å². The van der Waals surface area contributed by atoms with Gasteiger partial charge in [0.2, 0.25) is 0 Å². The molecule has 0 saturated heterocycles. The van der Waals surface area contributed by atoms with Gasteiger partial charge in [-0.05, 0) is 46.9 Å². The molecule has 29 heavy (non-hydrogen) atoms. The number of urea groups is 1. The summed E-state index contributed by atoms with van der Waals surface area (Å²) >= 11 is 0. The summed E-state index contributed by atoms with van der Waals surface area (Å²) in [5, 5.41) is 2.85. The quantitative estimate of drug-likeness (QED) is 0.610. The zero-order chi connectivity index (χ0) is 20.6. The second-order valence-corrected chi connectivity index (χ2v) is 8.53. The average molecular weight is 391 g/mol. The fourth-order valence-corrected chi connectivity index (χ4v) is 3.88. The van der Waals surface area contributed by atoms with Crippen LogP contribution in [0.15, 0.2) is 66.9 Å². The molecule has 1 aliphatic heterocycles. The van der Waals surface area contributed by atoms with Gasteiger partial charge >= 0.3 is 6.03 Å². The van der Waals surface area contributed by atoms with Gasteiger partial charge in [0.25, 0.3) is 0 Å². The van der Waals surface area contributed by atoms with E-state index in [2.05, 4.69) is 61.0 Å². The third kappa shape index (κ3) is 3.90. The zero-order valence-electron chi connectivity index (χ0n) is 17.0. The minimum Gasteiger partial charge on any atom is -0.348 e. The van der Waals surface area contributed by atoms with Crippen LogP contribution in [-0.2, 0) is 12.0 Å². The lowest BCUT2D eigenvalue weighted by atomic mass is 9.86. The highest BCUT2D eigenvalue weighted by Gasteiger charge is 2.32. The van der Waals surface area contributed by atoms with Crippen LogP contribution in [-0.4, -0.2) is 22.0 Å². The number of halogens is 1. The van der Waals surface area contributed by atoms with Gasteiger partial charge in [0.15, 0.2) is 0 Å². The molecule has 1 aliphatic rings. The van der Waals surface area contributed by atoms with Crippen LogP contribution in [0.4, 0.5) is 14.9 Å². The number of carbonyl (C=O) groups excluding carboxylic acids is 1. The predicted molar refractivity (Wildman–Crippen MR) is 114 cm³/mol. The van der Waals surface area contributed by atoms with Gasteiger partial charge in [0, 0.05) is 30.7 Å². The van der Waals surface area contributed by atoms with Gasteiger partial charge in [0.05, 0.1) is 6.04 Å². The summed E-state index contributed by atoms with van der Waals surface area (Å²) in [4.78, 5) is 14.9. The standard InChI is InChI=1S/C24H26FN3O/c1-24(2,3)18-11-9-17(10-12-18)22-21-8-5-13-27(21)14-15-28(22)23(29)26-20-7-4-6-19(25)16-20/h4-13,16,22H,14-15H2,1-3H3,(H,26,29)/t22-/m0/s1. The summed E-state index contributed by atoms with van der Waals surface area (Å²) in [5.74, 6) is -0.371. The first kappa shape index (κ1) is 19.2. The maximum atomic E-state index is 13.5. The number of amides is 2. The van der Waals surface area contributed by atoms with Gasteiger partial charge in [-0.1, -0.05) is 51.1 Å². The molecule has 0 fully saturated rings. The van der Waals surface area contributed by atoms with Crippen molar-refractivity contribution in [3.63, 3.8) is 0 Å². The number of carbonyl (C=O) groups is 1. The van der Waals surface area contributed by atoms with Crippen LogP contribution in [0.25, 0.3) is 0 Å². The van der Waals surface area contributed by atoms with Crippen molar-refractivity contribution in [2.75, 3.05) is 11.9 Å². The first-order valence-corrected chi connectivity index (χ1v) is 9.91. The monoisotopic (exact) mass is 391 g/mol. The summed E-state index contributed by atoms with van der Waals surface area (Å²) in [6, 6.07) is 18.1. The summed E-state index contributed by atoms with van der Waals surface area (Å²) in [6.45, 7) is 7.87. The van der Waals surface area contributed by atoms with Crippen molar-refractivity contribution in [3.05, 3.63) is 89.5 Å². The van der Waals surface area contributed by atoms with Crippen LogP contribution in [0.5, 0.6) is 0 Å². The molecule has 2 aromatic carbocycles. The van der Waals surface area contributed by atoms with Crippen molar-refractivity contribution >= 4 is 11.7 Å². The second kappa shape index (κ2) is 7.39. The number of anilines is 1. The van der Waals surface area contributed by atoms with Crippen LogP contribution < -0.4 is 5.32 Å². The molecular formula is C24H26FN3O. The Balaban J connectivity index is 1.67. The first-order chi connectivity index (χ1) is 13.8. The number of nitrogens with one attached hydrogen (secondary N) is 1. The predicted octanol–water partition coefficient (Wildman–Crippen LogP) is 5.56. The molecule has 4 nitrogen and oxygen atoms in total. The number of nitrogens with zero attached hydrogens (tertiary/aromatic N) is 2. The molecule has 0 saturated carbocycles. The van der Waals surface area contributed by atoms with Crippen molar-refractivity contribution in [1.82, 2.24) is 9.47 Å². The maximum Gasteiger partial charge on any atom is 0.322 e. The van der Waals surface area contributed by atoms with E-state index in [1.54, 1.807) is 12.1 Å². The highest BCUT2D eigenvalue weighted by molar-refractivity contribution is 5.90. The normalized spacial score (nSPS) is 16.4. The molecule has 0 unspecified atom stereocenters. The Morgan fingerprint density at radius 3 is 2.48 bits per heavy atom. The number of hydrogen-bond donors (Lipinski definition) is 1. The highest BCUT2D eigenvalue weighted by Crippen LogP contribution is 2.34. The fraction of sp³-hybridized carbons (Fsp3) is 0.292. The molecule has 5 heteroatoms. The first-order valence-electron chi connectivity index (χ1n) is 9.91. The van der Waals surface area contributed by atoms with E-state index in [0.717, 1.165) is 17.8 Å². The van der Waals surface area contributed by atoms with Crippen LogP contribution in [0.3, 0.4) is 0 Å². The maximum absolute atomic E-state index is 13.5. The van der Waals surface area contributed by atoms with Gasteiger partial charge in [-0.3, -0.25) is 0 Å². The molecule has 1 atom stereocenters. The van der Waals surface area contributed by atoms with Gasteiger partial charge in [-0.2, -0.15) is 0 Å². The Kier molecular flexibility index (Phi) is 4.91. The largest absolute Gasteiger partial charge is 0.348 e. The number of aromatic nitrogens is 1. The summed E-state index contributed by atoms with van der Waals surface area (Å²) in [6.07, 6.45) is 2.05. The van der Waals surface area contributed by atoms with Gasteiger partial charge < -0.3 is 14.8 Å². The molecule has 1 aromatic heterocycles. The van der Waals surface area contributed by atoms with E-state index < -0.39 is 0 Å². The van der Waals surface area contributed by atoms with E-state index in [0.29, 0.717) is 12.2 Å². The molecule has 0 spiro atoms. The minimum atomic E-state index is -0.371. The molecule has 0 bridgehead atoms. The lowest BCUT2D eigenvalue weighted by Crippen LogP contribution is -2.44. The van der Waals surface area contributed by atoms with Gasteiger partial charge in [0.1, 0.15) is 5.82 Å². The van der Waals surface area contributed by atoms with E-state index in [1.165, 1.54) is 17.7 Å². The Morgan fingerprint density at radius 2 is 1.79 bits per heavy atom. The minimum absolute atomic E-state index is 0.0692. The topological polar surface area (TPSA) is 37.3 Å². The van der Waals surface area contributed by atoms with Crippen LogP contribution >= 0.6 is 0 Å². The van der Waals surface area contributed by atoms with Gasteiger partial charge in [-0.15, -0.1) is 0 Å². The van der Waals surface area contributed by atoms with Crippen molar-refractivity contribution in [2.45, 2.75) is 38.8 Å².